The first-order chi connectivity index (χ1) is 9.11. The van der Waals surface area contributed by atoms with Gasteiger partial charge in [0.1, 0.15) is 5.75 Å². The number of methoxy groups -OCH3 is 1. The largest absolute Gasteiger partial charge is 0.497 e. The van der Waals surface area contributed by atoms with Gasteiger partial charge in [-0.05, 0) is 36.4 Å². The lowest BCUT2D eigenvalue weighted by atomic mass is 10.2. The zero-order chi connectivity index (χ0) is 13.8. The second-order valence-electron chi connectivity index (χ2n) is 3.87. The molecule has 0 aliphatic rings. The van der Waals surface area contributed by atoms with Gasteiger partial charge < -0.3 is 16.2 Å². The molecule has 0 radical (unpaired) electrons. The van der Waals surface area contributed by atoms with Crippen LogP contribution in [0.25, 0.3) is 0 Å². The van der Waals surface area contributed by atoms with E-state index in [1.165, 1.54) is 11.8 Å². The fraction of sp³-hybridized carbons (Fsp3) is 0.0714. The monoisotopic (exact) mass is 274 g/mol. The van der Waals surface area contributed by atoms with Crippen molar-refractivity contribution in [2.45, 2.75) is 9.79 Å². The fourth-order valence-electron chi connectivity index (χ4n) is 1.62. The van der Waals surface area contributed by atoms with Crippen LogP contribution in [0, 0.1) is 0 Å². The maximum atomic E-state index is 11.4. The lowest BCUT2D eigenvalue weighted by Crippen LogP contribution is -2.12. The van der Waals surface area contributed by atoms with E-state index in [1.54, 1.807) is 25.3 Å². The average molecular weight is 274 g/mol. The Morgan fingerprint density at radius 3 is 2.42 bits per heavy atom. The predicted octanol–water partition coefficient (Wildman–Crippen LogP) is 2.53. The SMILES string of the molecule is COc1ccc(Sc2c(N)cccc2C(N)=O)cc1. The van der Waals surface area contributed by atoms with Crippen molar-refractivity contribution in [1.29, 1.82) is 0 Å². The van der Waals surface area contributed by atoms with Crippen LogP contribution in [0.1, 0.15) is 10.4 Å². The van der Waals surface area contributed by atoms with E-state index in [4.69, 9.17) is 16.2 Å². The molecule has 0 aromatic heterocycles. The van der Waals surface area contributed by atoms with E-state index in [-0.39, 0.29) is 0 Å². The van der Waals surface area contributed by atoms with E-state index in [9.17, 15) is 4.79 Å². The summed E-state index contributed by atoms with van der Waals surface area (Å²) >= 11 is 1.41. The highest BCUT2D eigenvalue weighted by Gasteiger charge is 2.12. The molecule has 2 rings (SSSR count). The molecule has 2 aromatic carbocycles. The van der Waals surface area contributed by atoms with Crippen molar-refractivity contribution >= 4 is 23.4 Å². The Labute approximate surface area is 115 Å². The van der Waals surface area contributed by atoms with E-state index >= 15 is 0 Å². The predicted molar refractivity (Wildman–Crippen MR) is 76.5 cm³/mol. The molecule has 0 fully saturated rings. The van der Waals surface area contributed by atoms with Crippen LogP contribution in [0.2, 0.25) is 0 Å². The first-order valence-corrected chi connectivity index (χ1v) is 6.43. The number of primary amides is 1. The van der Waals surface area contributed by atoms with Crippen LogP contribution in [0.3, 0.4) is 0 Å². The first kappa shape index (κ1) is 13.3. The smallest absolute Gasteiger partial charge is 0.249 e. The van der Waals surface area contributed by atoms with Gasteiger partial charge in [0, 0.05) is 15.5 Å². The fourth-order valence-corrected chi connectivity index (χ4v) is 2.60. The van der Waals surface area contributed by atoms with Gasteiger partial charge in [0.15, 0.2) is 0 Å². The highest BCUT2D eigenvalue weighted by molar-refractivity contribution is 7.99. The van der Waals surface area contributed by atoms with Crippen LogP contribution in [-0.2, 0) is 0 Å². The van der Waals surface area contributed by atoms with Crippen molar-refractivity contribution in [2.75, 3.05) is 12.8 Å². The number of nitrogens with two attached hydrogens (primary N) is 2. The molecule has 2 aromatic rings. The van der Waals surface area contributed by atoms with Crippen molar-refractivity contribution in [1.82, 2.24) is 0 Å². The highest BCUT2D eigenvalue weighted by Crippen LogP contribution is 2.35. The number of carbonyl (C=O) groups excluding carboxylic acids is 1. The van der Waals surface area contributed by atoms with Gasteiger partial charge >= 0.3 is 0 Å². The lowest BCUT2D eigenvalue weighted by Gasteiger charge is -2.09. The van der Waals surface area contributed by atoms with Crippen LogP contribution in [0.4, 0.5) is 5.69 Å². The maximum Gasteiger partial charge on any atom is 0.249 e. The van der Waals surface area contributed by atoms with Gasteiger partial charge in [-0.3, -0.25) is 4.79 Å². The van der Waals surface area contributed by atoms with Crippen LogP contribution in [0.5, 0.6) is 5.75 Å². The summed E-state index contributed by atoms with van der Waals surface area (Å²) in [5.41, 5.74) is 12.2. The topological polar surface area (TPSA) is 78.3 Å². The third kappa shape index (κ3) is 3.00. The number of nitrogen functional groups attached to an aromatic ring is 1. The van der Waals surface area contributed by atoms with E-state index in [1.807, 2.05) is 24.3 Å². The molecule has 0 aliphatic heterocycles. The minimum atomic E-state index is -0.483. The van der Waals surface area contributed by atoms with Crippen LogP contribution in [-0.4, -0.2) is 13.0 Å². The standard InChI is InChI=1S/C14H14N2O2S/c1-18-9-5-7-10(8-6-9)19-13-11(14(16)17)3-2-4-12(13)15/h2-8H,15H2,1H3,(H2,16,17). The zero-order valence-corrected chi connectivity index (χ0v) is 11.2. The summed E-state index contributed by atoms with van der Waals surface area (Å²) in [6.45, 7) is 0. The van der Waals surface area contributed by atoms with Crippen LogP contribution < -0.4 is 16.2 Å². The van der Waals surface area contributed by atoms with Gasteiger partial charge in [-0.25, -0.2) is 0 Å². The van der Waals surface area contributed by atoms with Gasteiger partial charge in [0.25, 0.3) is 0 Å². The molecule has 0 unspecified atom stereocenters. The summed E-state index contributed by atoms with van der Waals surface area (Å²) < 4.78 is 5.10. The summed E-state index contributed by atoms with van der Waals surface area (Å²) in [4.78, 5) is 13.0. The van der Waals surface area contributed by atoms with Crippen molar-refractivity contribution in [3.05, 3.63) is 48.0 Å². The number of carbonyl (C=O) groups is 1. The van der Waals surface area contributed by atoms with Crippen LogP contribution >= 0.6 is 11.8 Å². The Morgan fingerprint density at radius 2 is 1.84 bits per heavy atom. The second kappa shape index (κ2) is 5.67. The van der Waals surface area contributed by atoms with Crippen molar-refractivity contribution in [3.63, 3.8) is 0 Å². The Bertz CT molecular complexity index is 597. The molecule has 0 saturated carbocycles. The summed E-state index contributed by atoms with van der Waals surface area (Å²) in [7, 11) is 1.61. The molecular formula is C14H14N2O2S. The summed E-state index contributed by atoms with van der Waals surface area (Å²) in [5, 5.41) is 0. The third-order valence-electron chi connectivity index (χ3n) is 2.59. The Hall–Kier alpha value is -2.14. The van der Waals surface area contributed by atoms with E-state index in [2.05, 4.69) is 0 Å². The van der Waals surface area contributed by atoms with E-state index in [0.717, 1.165) is 10.6 Å². The van der Waals surface area contributed by atoms with E-state index < -0.39 is 5.91 Å². The molecule has 0 aliphatic carbocycles. The number of rotatable bonds is 4. The molecule has 1 amide bonds. The average Bonchev–Trinajstić information content (AvgIpc) is 2.41. The van der Waals surface area contributed by atoms with Gasteiger partial charge in [-0.15, -0.1) is 0 Å². The first-order valence-electron chi connectivity index (χ1n) is 5.62. The third-order valence-corrected chi connectivity index (χ3v) is 3.76. The van der Waals surface area contributed by atoms with Gasteiger partial charge in [-0.2, -0.15) is 0 Å². The molecule has 0 atom stereocenters. The molecule has 0 heterocycles. The van der Waals surface area contributed by atoms with Crippen LogP contribution in [0.15, 0.2) is 52.3 Å². The van der Waals surface area contributed by atoms with Gasteiger partial charge in [0.05, 0.1) is 12.7 Å². The quantitative estimate of drug-likeness (QED) is 0.840. The molecule has 0 bridgehead atoms. The van der Waals surface area contributed by atoms with Crippen molar-refractivity contribution < 1.29 is 9.53 Å². The number of amides is 1. The molecule has 0 saturated heterocycles. The molecule has 4 N–H and O–H groups in total. The summed E-state index contributed by atoms with van der Waals surface area (Å²) in [6.07, 6.45) is 0. The second-order valence-corrected chi connectivity index (χ2v) is 4.95. The molecular weight excluding hydrogens is 260 g/mol. The number of hydrogen-bond acceptors (Lipinski definition) is 4. The van der Waals surface area contributed by atoms with E-state index in [0.29, 0.717) is 16.1 Å². The molecule has 0 spiro atoms. The molecule has 5 heteroatoms. The Balaban J connectivity index is 2.34. The number of anilines is 1. The minimum absolute atomic E-state index is 0.431. The lowest BCUT2D eigenvalue weighted by molar-refractivity contribution is 0.0997. The molecule has 98 valence electrons. The maximum absolute atomic E-state index is 11.4. The highest BCUT2D eigenvalue weighted by atomic mass is 32.2. The number of hydrogen-bond donors (Lipinski definition) is 2. The summed E-state index contributed by atoms with van der Waals surface area (Å²) in [5.74, 6) is 0.295. The van der Waals surface area contributed by atoms with Crippen molar-refractivity contribution in [2.24, 2.45) is 5.73 Å². The Kier molecular flexibility index (Phi) is 3.97. The molecule has 19 heavy (non-hydrogen) atoms. The van der Waals surface area contributed by atoms with Crippen molar-refractivity contribution in [3.8, 4) is 5.75 Å². The Morgan fingerprint density at radius 1 is 1.16 bits per heavy atom. The van der Waals surface area contributed by atoms with Gasteiger partial charge in [-0.1, -0.05) is 17.8 Å². The minimum Gasteiger partial charge on any atom is -0.497 e. The van der Waals surface area contributed by atoms with Gasteiger partial charge in [0.2, 0.25) is 5.91 Å². The molecule has 4 nitrogen and oxygen atoms in total. The number of ether oxygens (including phenoxy) is 1. The zero-order valence-electron chi connectivity index (χ0n) is 10.4. The number of benzene rings is 2. The normalized spacial score (nSPS) is 10.2. The summed E-state index contributed by atoms with van der Waals surface area (Å²) in [6, 6.07) is 12.6.